The number of piperidine rings is 1. The molecule has 1 aliphatic rings. The second-order valence-electron chi connectivity index (χ2n) is 8.91. The molecule has 0 saturated carbocycles. The van der Waals surface area contributed by atoms with Crippen LogP contribution in [0.2, 0.25) is 5.02 Å². The third kappa shape index (κ3) is 6.15. The molecule has 0 aliphatic carbocycles. The number of rotatable bonds is 9. The number of halogens is 1. The highest BCUT2D eigenvalue weighted by Crippen LogP contribution is 2.22. The van der Waals surface area contributed by atoms with Crippen molar-refractivity contribution in [3.63, 3.8) is 0 Å². The van der Waals surface area contributed by atoms with Crippen LogP contribution in [0.1, 0.15) is 60.3 Å². The minimum atomic E-state index is -0.164. The topological polar surface area (TPSA) is 87.5 Å². The van der Waals surface area contributed by atoms with Gasteiger partial charge in [0.2, 0.25) is 5.91 Å². The molecule has 180 valence electrons. The number of fused-ring (bicyclic) bond motifs is 1. The number of aromatic nitrogens is 2. The Labute approximate surface area is 205 Å². The first-order chi connectivity index (χ1) is 16.5. The molecule has 4 rings (SSSR count). The van der Waals surface area contributed by atoms with Gasteiger partial charge in [-0.05, 0) is 55.6 Å². The minimum Gasteiger partial charge on any atom is -0.352 e. The van der Waals surface area contributed by atoms with Crippen LogP contribution in [0.25, 0.3) is 5.65 Å². The Balaban J connectivity index is 1.42. The lowest BCUT2D eigenvalue weighted by Gasteiger charge is -2.23. The maximum atomic E-state index is 13.1. The van der Waals surface area contributed by atoms with E-state index in [0.29, 0.717) is 28.6 Å². The van der Waals surface area contributed by atoms with E-state index in [2.05, 4.69) is 27.9 Å². The van der Waals surface area contributed by atoms with Gasteiger partial charge in [0, 0.05) is 36.3 Å². The Morgan fingerprint density at radius 1 is 1.24 bits per heavy atom. The number of amides is 2. The molecule has 0 bridgehead atoms. The Bertz CT molecular complexity index is 1120. The van der Waals surface area contributed by atoms with Gasteiger partial charge in [0.1, 0.15) is 11.3 Å². The third-order valence-electron chi connectivity index (χ3n) is 6.27. The van der Waals surface area contributed by atoms with Crippen LogP contribution >= 0.6 is 11.6 Å². The fourth-order valence-corrected chi connectivity index (χ4v) is 4.65. The van der Waals surface area contributed by atoms with Crippen molar-refractivity contribution in [2.75, 3.05) is 19.6 Å². The molecule has 2 aromatic heterocycles. The summed E-state index contributed by atoms with van der Waals surface area (Å²) in [6, 6.07) is 13.4. The monoisotopic (exact) mass is 481 g/mol. The Hall–Kier alpha value is -2.90. The Kier molecular flexibility index (Phi) is 8.19. The van der Waals surface area contributed by atoms with Crippen LogP contribution in [0, 0.1) is 0 Å². The van der Waals surface area contributed by atoms with Crippen molar-refractivity contribution in [3.8, 4) is 0 Å². The molecule has 1 fully saturated rings. The number of carbonyl (C=O) groups excluding carboxylic acids is 2. The van der Waals surface area contributed by atoms with Gasteiger partial charge in [-0.1, -0.05) is 43.1 Å². The molecule has 8 heteroatoms. The molecule has 2 atom stereocenters. The van der Waals surface area contributed by atoms with Crippen LogP contribution in [0.5, 0.6) is 0 Å². The molecule has 1 saturated heterocycles. The molecule has 3 aromatic rings. The van der Waals surface area contributed by atoms with E-state index in [0.717, 1.165) is 44.3 Å². The van der Waals surface area contributed by atoms with Crippen molar-refractivity contribution < 1.29 is 9.59 Å². The average Bonchev–Trinajstić information content (AvgIpc) is 3.25. The predicted molar refractivity (Wildman–Crippen MR) is 134 cm³/mol. The van der Waals surface area contributed by atoms with E-state index < -0.39 is 0 Å². The van der Waals surface area contributed by atoms with Crippen LogP contribution < -0.4 is 16.0 Å². The van der Waals surface area contributed by atoms with Gasteiger partial charge in [0.15, 0.2) is 0 Å². The summed E-state index contributed by atoms with van der Waals surface area (Å²) < 4.78 is 1.76. The molecule has 34 heavy (non-hydrogen) atoms. The van der Waals surface area contributed by atoms with Gasteiger partial charge in [0.05, 0.1) is 12.1 Å². The highest BCUT2D eigenvalue weighted by atomic mass is 35.5. The highest BCUT2D eigenvalue weighted by Gasteiger charge is 2.18. The first kappa shape index (κ1) is 24.2. The number of nitrogens with zero attached hydrogens (tertiary/aromatic N) is 2. The molecule has 1 aromatic carbocycles. The molecular weight excluding hydrogens is 450 g/mol. The van der Waals surface area contributed by atoms with Gasteiger partial charge >= 0.3 is 0 Å². The molecule has 3 heterocycles. The zero-order chi connectivity index (χ0) is 23.9. The zero-order valence-electron chi connectivity index (χ0n) is 19.5. The zero-order valence-corrected chi connectivity index (χ0v) is 20.3. The maximum Gasteiger partial charge on any atom is 0.268 e. The molecule has 0 radical (unpaired) electrons. The van der Waals surface area contributed by atoms with Crippen molar-refractivity contribution in [3.05, 3.63) is 70.6 Å². The Morgan fingerprint density at radius 2 is 2.06 bits per heavy atom. The van der Waals surface area contributed by atoms with E-state index in [1.165, 1.54) is 0 Å². The van der Waals surface area contributed by atoms with E-state index in [1.807, 2.05) is 36.4 Å². The number of hydrogen-bond donors (Lipinski definition) is 3. The fourth-order valence-electron chi connectivity index (χ4n) is 4.53. The number of pyridine rings is 1. The summed E-state index contributed by atoms with van der Waals surface area (Å²) in [7, 11) is 0. The summed E-state index contributed by atoms with van der Waals surface area (Å²) in [6.45, 7) is 4.47. The fraction of sp³-hybridized carbons (Fsp3) is 0.423. The minimum absolute atomic E-state index is 0.0477. The molecule has 3 N–H and O–H groups in total. The summed E-state index contributed by atoms with van der Waals surface area (Å²) in [5.41, 5.74) is 2.96. The third-order valence-corrected chi connectivity index (χ3v) is 6.52. The maximum absolute atomic E-state index is 13.1. The standard InChI is InChI=1S/C26H32ClN5O2/c1-2-5-19(18-9-11-20(27)12-10-18)15-29-26(34)23-7-3-8-24-30-22(17-32(23)24)14-25(33)31-21-6-4-13-28-16-21/h3,7-12,17,19,21,28H,2,4-6,13-16H2,1H3,(H,29,34)(H,31,33)/t19?,21-/m1/s1. The second-order valence-corrected chi connectivity index (χ2v) is 9.34. The average molecular weight is 482 g/mol. The van der Waals surface area contributed by atoms with Gasteiger partial charge in [0.25, 0.3) is 5.91 Å². The molecule has 1 aliphatic heterocycles. The van der Waals surface area contributed by atoms with Gasteiger partial charge in [-0.2, -0.15) is 0 Å². The molecule has 7 nitrogen and oxygen atoms in total. The quantitative estimate of drug-likeness (QED) is 0.434. The lowest BCUT2D eigenvalue weighted by atomic mass is 9.94. The second kappa shape index (κ2) is 11.5. The number of benzene rings is 1. The van der Waals surface area contributed by atoms with Gasteiger partial charge < -0.3 is 16.0 Å². The number of hydrogen-bond acceptors (Lipinski definition) is 4. The van der Waals surface area contributed by atoms with E-state index in [4.69, 9.17) is 11.6 Å². The smallest absolute Gasteiger partial charge is 0.268 e. The molecule has 2 amide bonds. The first-order valence-corrected chi connectivity index (χ1v) is 12.4. The van der Waals surface area contributed by atoms with Crippen LogP contribution in [-0.4, -0.2) is 46.9 Å². The van der Waals surface area contributed by atoms with E-state index in [1.54, 1.807) is 16.7 Å². The van der Waals surface area contributed by atoms with Crippen molar-refractivity contribution in [2.45, 2.75) is 51.0 Å². The summed E-state index contributed by atoms with van der Waals surface area (Å²) in [4.78, 5) is 30.1. The van der Waals surface area contributed by atoms with Crippen LogP contribution in [0.3, 0.4) is 0 Å². The van der Waals surface area contributed by atoms with E-state index in [-0.39, 0.29) is 30.2 Å². The lowest BCUT2D eigenvalue weighted by molar-refractivity contribution is -0.121. The summed E-state index contributed by atoms with van der Waals surface area (Å²) >= 11 is 6.03. The van der Waals surface area contributed by atoms with Gasteiger partial charge in [-0.15, -0.1) is 0 Å². The van der Waals surface area contributed by atoms with Crippen molar-refractivity contribution in [1.29, 1.82) is 0 Å². The normalized spacial score (nSPS) is 16.8. The number of nitrogens with one attached hydrogen (secondary N) is 3. The van der Waals surface area contributed by atoms with Gasteiger partial charge in [-0.25, -0.2) is 4.98 Å². The molecule has 0 spiro atoms. The SMILES string of the molecule is CCCC(CNC(=O)c1cccc2nc(CC(=O)N[C@@H]3CCCNC3)cn12)c1ccc(Cl)cc1. The van der Waals surface area contributed by atoms with Crippen LogP contribution in [0.15, 0.2) is 48.7 Å². The summed E-state index contributed by atoms with van der Waals surface area (Å²) in [5.74, 6) is -0.00225. The number of imidazole rings is 1. The van der Waals surface area contributed by atoms with E-state index >= 15 is 0 Å². The largest absolute Gasteiger partial charge is 0.352 e. The van der Waals surface area contributed by atoms with Crippen LogP contribution in [0.4, 0.5) is 0 Å². The van der Waals surface area contributed by atoms with E-state index in [9.17, 15) is 9.59 Å². The van der Waals surface area contributed by atoms with Crippen LogP contribution in [-0.2, 0) is 11.2 Å². The molecule has 1 unspecified atom stereocenters. The molecular formula is C26H32ClN5O2. The van der Waals surface area contributed by atoms with Crippen molar-refractivity contribution in [1.82, 2.24) is 25.3 Å². The first-order valence-electron chi connectivity index (χ1n) is 12.0. The van der Waals surface area contributed by atoms with Crippen molar-refractivity contribution in [2.24, 2.45) is 0 Å². The summed E-state index contributed by atoms with van der Waals surface area (Å²) in [6.07, 6.45) is 6.01. The highest BCUT2D eigenvalue weighted by molar-refractivity contribution is 6.30. The Morgan fingerprint density at radius 3 is 2.79 bits per heavy atom. The predicted octanol–water partition coefficient (Wildman–Crippen LogP) is 3.71. The number of carbonyl (C=O) groups is 2. The van der Waals surface area contributed by atoms with Crippen molar-refractivity contribution >= 4 is 29.1 Å². The summed E-state index contributed by atoms with van der Waals surface area (Å²) in [5, 5.41) is 10.2. The van der Waals surface area contributed by atoms with Gasteiger partial charge in [-0.3, -0.25) is 14.0 Å². The lowest BCUT2D eigenvalue weighted by Crippen LogP contribution is -2.46.